The molecule has 158 valence electrons. The van der Waals surface area contributed by atoms with Crippen molar-refractivity contribution >= 4 is 39.4 Å². The number of thiophene rings is 1. The molecule has 0 saturated carbocycles. The number of nitrogens with two attached hydrogens (primary N) is 1. The van der Waals surface area contributed by atoms with Gasteiger partial charge in [0.2, 0.25) is 5.91 Å². The molecule has 2 aromatic carbocycles. The Morgan fingerprint density at radius 3 is 2.74 bits per heavy atom. The lowest BCUT2D eigenvalue weighted by molar-refractivity contribution is -0.116. The number of carbonyl (C=O) groups is 1. The van der Waals surface area contributed by atoms with E-state index >= 15 is 0 Å². The van der Waals surface area contributed by atoms with Crippen LogP contribution in [0.1, 0.15) is 12.1 Å². The summed E-state index contributed by atoms with van der Waals surface area (Å²) in [4.78, 5) is 13.2. The Hall–Kier alpha value is -3.30. The van der Waals surface area contributed by atoms with Gasteiger partial charge in [-0.05, 0) is 52.2 Å². The van der Waals surface area contributed by atoms with Crippen molar-refractivity contribution in [2.75, 3.05) is 11.1 Å². The molecule has 9 heteroatoms. The first kappa shape index (κ1) is 21.0. The molecule has 31 heavy (non-hydrogen) atoms. The molecular formula is C22H21N5O2S2. The van der Waals surface area contributed by atoms with Gasteiger partial charge in [0.25, 0.3) is 0 Å². The maximum Gasteiger partial charge on any atom is 0.224 e. The average Bonchev–Trinajstić information content (AvgIpc) is 3.47. The number of aryl methyl sites for hydroxylation is 1. The molecule has 2 aromatic heterocycles. The molecule has 1 unspecified atom stereocenters. The van der Waals surface area contributed by atoms with Crippen LogP contribution in [0.2, 0.25) is 0 Å². The third kappa shape index (κ3) is 5.44. The van der Waals surface area contributed by atoms with Crippen molar-refractivity contribution in [3.63, 3.8) is 0 Å². The van der Waals surface area contributed by atoms with E-state index in [1.807, 2.05) is 59.3 Å². The van der Waals surface area contributed by atoms with Crippen LogP contribution in [0.5, 0.6) is 0 Å². The topological polar surface area (TPSA) is 103 Å². The van der Waals surface area contributed by atoms with Crippen molar-refractivity contribution in [2.24, 2.45) is 0 Å². The molecule has 3 N–H and O–H groups in total. The molecule has 0 aliphatic rings. The predicted molar refractivity (Wildman–Crippen MR) is 124 cm³/mol. The van der Waals surface area contributed by atoms with Gasteiger partial charge >= 0.3 is 0 Å². The van der Waals surface area contributed by atoms with Crippen LogP contribution >= 0.6 is 11.3 Å². The summed E-state index contributed by atoms with van der Waals surface area (Å²) < 4.78 is 13.9. The molecule has 4 aromatic rings. The lowest BCUT2D eigenvalue weighted by Crippen LogP contribution is -2.13. The fourth-order valence-corrected chi connectivity index (χ4v) is 4.65. The molecular weight excluding hydrogens is 430 g/mol. The summed E-state index contributed by atoms with van der Waals surface area (Å²) in [6, 6.07) is 16.8. The predicted octanol–water partition coefficient (Wildman–Crippen LogP) is 3.93. The maximum atomic E-state index is 12.4. The number of nitrogen functional groups attached to an aromatic ring is 1. The number of nitrogens with zero attached hydrogens (tertiary/aromatic N) is 3. The molecule has 1 atom stereocenters. The number of rotatable bonds is 8. The van der Waals surface area contributed by atoms with Gasteiger partial charge in [0.15, 0.2) is 0 Å². The summed E-state index contributed by atoms with van der Waals surface area (Å²) in [5.41, 5.74) is 9.89. The minimum absolute atomic E-state index is 0.156. The van der Waals surface area contributed by atoms with Crippen molar-refractivity contribution in [2.45, 2.75) is 23.6 Å². The molecule has 7 nitrogen and oxygen atoms in total. The van der Waals surface area contributed by atoms with Crippen molar-refractivity contribution in [1.29, 1.82) is 0 Å². The first-order valence-corrected chi connectivity index (χ1v) is 11.9. The maximum absolute atomic E-state index is 12.4. The van der Waals surface area contributed by atoms with Crippen molar-refractivity contribution in [3.8, 4) is 11.1 Å². The van der Waals surface area contributed by atoms with E-state index in [1.54, 1.807) is 28.3 Å². The molecule has 0 radical (unpaired) electrons. The lowest BCUT2D eigenvalue weighted by Gasteiger charge is -2.10. The number of nitrogens with one attached hydrogen (secondary N) is 1. The highest BCUT2D eigenvalue weighted by molar-refractivity contribution is 7.84. The van der Waals surface area contributed by atoms with Crippen LogP contribution in [0.4, 0.5) is 11.4 Å². The molecule has 2 heterocycles. The smallest absolute Gasteiger partial charge is 0.224 e. The number of benzene rings is 2. The fourth-order valence-electron chi connectivity index (χ4n) is 3.01. The van der Waals surface area contributed by atoms with Gasteiger partial charge in [-0.3, -0.25) is 9.00 Å². The zero-order valence-corrected chi connectivity index (χ0v) is 18.2. The standard InChI is InChI=1S/C22H21N5O2S2/c23-20-8-6-16(17-10-11-30-14-17)12-21(20)24-22(28)9-7-18-13-27(26-25-18)15-31(29)19-4-2-1-3-5-19/h1-6,8,10-14H,7,9,15,23H2,(H,24,28). The number of anilines is 2. The zero-order chi connectivity index (χ0) is 21.6. The Labute approximate surface area is 186 Å². The third-order valence-electron chi connectivity index (χ3n) is 4.63. The van der Waals surface area contributed by atoms with Gasteiger partial charge < -0.3 is 11.1 Å². The summed E-state index contributed by atoms with van der Waals surface area (Å²) in [5.74, 6) is 0.0614. The number of aromatic nitrogens is 3. The second-order valence-corrected chi connectivity index (χ2v) is 9.10. The normalized spacial score (nSPS) is 11.9. The number of hydrogen-bond donors (Lipinski definition) is 2. The van der Waals surface area contributed by atoms with Crippen LogP contribution in [0, 0.1) is 0 Å². The Morgan fingerprint density at radius 2 is 1.97 bits per heavy atom. The Morgan fingerprint density at radius 1 is 1.13 bits per heavy atom. The second kappa shape index (κ2) is 9.67. The van der Waals surface area contributed by atoms with Crippen LogP contribution in [-0.2, 0) is 27.9 Å². The van der Waals surface area contributed by atoms with Gasteiger partial charge in [-0.2, -0.15) is 11.3 Å². The van der Waals surface area contributed by atoms with Gasteiger partial charge in [0.05, 0.1) is 27.9 Å². The minimum atomic E-state index is -1.21. The highest BCUT2D eigenvalue weighted by Crippen LogP contribution is 2.28. The van der Waals surface area contributed by atoms with Crippen molar-refractivity contribution < 1.29 is 9.00 Å². The van der Waals surface area contributed by atoms with Crippen LogP contribution in [-0.4, -0.2) is 25.1 Å². The van der Waals surface area contributed by atoms with E-state index in [4.69, 9.17) is 5.73 Å². The largest absolute Gasteiger partial charge is 0.397 e. The Balaban J connectivity index is 1.33. The van der Waals surface area contributed by atoms with E-state index < -0.39 is 10.8 Å². The second-order valence-electron chi connectivity index (χ2n) is 6.90. The fraction of sp³-hybridized carbons (Fsp3) is 0.136. The SMILES string of the molecule is Nc1ccc(-c2ccsc2)cc1NC(=O)CCc1cn(CS(=O)c2ccccc2)nn1. The molecule has 0 aliphatic carbocycles. The number of hydrogen-bond acceptors (Lipinski definition) is 6. The van der Waals surface area contributed by atoms with E-state index in [0.29, 0.717) is 23.5 Å². The van der Waals surface area contributed by atoms with Crippen LogP contribution < -0.4 is 11.1 Å². The summed E-state index contributed by atoms with van der Waals surface area (Å²) in [6.45, 7) is 0. The third-order valence-corrected chi connectivity index (χ3v) is 6.61. The monoisotopic (exact) mass is 451 g/mol. The van der Waals surface area contributed by atoms with Gasteiger partial charge in [-0.25, -0.2) is 4.68 Å². The van der Waals surface area contributed by atoms with E-state index in [1.165, 1.54) is 0 Å². The lowest BCUT2D eigenvalue weighted by atomic mass is 10.1. The van der Waals surface area contributed by atoms with Crippen LogP contribution in [0.25, 0.3) is 11.1 Å². The average molecular weight is 452 g/mol. The molecule has 0 aliphatic heterocycles. The molecule has 0 saturated heterocycles. The van der Waals surface area contributed by atoms with Crippen LogP contribution in [0.15, 0.2) is 76.4 Å². The highest BCUT2D eigenvalue weighted by Gasteiger charge is 2.11. The molecule has 0 fully saturated rings. The highest BCUT2D eigenvalue weighted by atomic mass is 32.2. The summed E-state index contributed by atoms with van der Waals surface area (Å²) >= 11 is 1.62. The van der Waals surface area contributed by atoms with E-state index in [2.05, 4.69) is 15.6 Å². The first-order chi connectivity index (χ1) is 15.1. The summed E-state index contributed by atoms with van der Waals surface area (Å²) in [6.07, 6.45) is 2.39. The molecule has 4 rings (SSSR count). The van der Waals surface area contributed by atoms with E-state index in [9.17, 15) is 9.00 Å². The van der Waals surface area contributed by atoms with Crippen LogP contribution in [0.3, 0.4) is 0 Å². The summed E-state index contributed by atoms with van der Waals surface area (Å²) in [7, 11) is -1.21. The molecule has 1 amide bonds. The van der Waals surface area contributed by atoms with Crippen molar-refractivity contribution in [1.82, 2.24) is 15.0 Å². The Bertz CT molecular complexity index is 1190. The van der Waals surface area contributed by atoms with Gasteiger partial charge in [0.1, 0.15) is 5.88 Å². The summed E-state index contributed by atoms with van der Waals surface area (Å²) in [5, 5.41) is 15.0. The minimum Gasteiger partial charge on any atom is -0.397 e. The van der Waals surface area contributed by atoms with Gasteiger partial charge in [-0.15, -0.1) is 5.10 Å². The van der Waals surface area contributed by atoms with E-state index in [0.717, 1.165) is 16.0 Å². The quantitative estimate of drug-likeness (QED) is 0.395. The molecule has 0 bridgehead atoms. The first-order valence-electron chi connectivity index (χ1n) is 9.63. The molecule has 0 spiro atoms. The zero-order valence-electron chi connectivity index (χ0n) is 16.6. The number of amides is 1. The van der Waals surface area contributed by atoms with E-state index in [-0.39, 0.29) is 18.2 Å². The van der Waals surface area contributed by atoms with Crippen molar-refractivity contribution in [3.05, 3.63) is 77.2 Å². The Kier molecular flexibility index (Phi) is 6.54. The van der Waals surface area contributed by atoms with Gasteiger partial charge in [-0.1, -0.05) is 29.5 Å². The van der Waals surface area contributed by atoms with Gasteiger partial charge in [0, 0.05) is 23.9 Å². The number of carbonyl (C=O) groups excluding carboxylic acids is 1.